The molecule has 16 rings (SSSR count). The first-order valence-corrected chi connectivity index (χ1v) is 40.9. The van der Waals surface area contributed by atoms with E-state index in [1.165, 1.54) is 17.2 Å². The molecule has 494 valence electrons. The molecule has 0 amide bonds. The van der Waals surface area contributed by atoms with Crippen LogP contribution in [0.4, 0.5) is 22.7 Å². The molecule has 0 saturated carbocycles. The Bertz CT molecular complexity index is 5220. The molecular weight excluding hydrogens is 1560 g/mol. The maximum absolute atomic E-state index is 13.3. The second-order valence-corrected chi connectivity index (χ2v) is 37.0. The number of benzene rings is 8. The third-order valence-corrected chi connectivity index (χ3v) is 29.1. The van der Waals surface area contributed by atoms with E-state index >= 15 is 0 Å². The van der Waals surface area contributed by atoms with Crippen molar-refractivity contribution in [3.63, 3.8) is 0 Å². The molecular formula is C72H58BrIN4O11S8. The number of hydrogen-bond acceptors (Lipinski definition) is 15. The minimum absolute atomic E-state index is 0.251. The van der Waals surface area contributed by atoms with Gasteiger partial charge in [-0.2, -0.15) is 0 Å². The van der Waals surface area contributed by atoms with Crippen molar-refractivity contribution in [3.8, 4) is 59.0 Å². The summed E-state index contributed by atoms with van der Waals surface area (Å²) < 4.78 is 129. The number of sulfonamides is 4. The van der Waals surface area contributed by atoms with Gasteiger partial charge in [0.1, 0.15) is 17.2 Å². The van der Waals surface area contributed by atoms with Gasteiger partial charge in [-0.3, -0.25) is 17.2 Å². The van der Waals surface area contributed by atoms with Gasteiger partial charge in [-0.1, -0.05) is 115 Å². The summed E-state index contributed by atoms with van der Waals surface area (Å²) >= 11 is 12.0. The fourth-order valence-electron chi connectivity index (χ4n) is 11.7. The molecule has 8 heterocycles. The van der Waals surface area contributed by atoms with E-state index in [1.54, 1.807) is 152 Å². The van der Waals surface area contributed by atoms with Crippen LogP contribution in [-0.4, -0.2) is 55.0 Å². The number of fused-ring (bicyclic) bond motifs is 12. The van der Waals surface area contributed by atoms with Gasteiger partial charge in [0, 0.05) is 0 Å². The molecule has 0 spiro atoms. The average molecular weight is 1620 g/mol. The molecule has 12 aromatic rings. The fraction of sp³-hybridized carbons (Fsp3) is 0.111. The van der Waals surface area contributed by atoms with Crippen molar-refractivity contribution in [2.24, 2.45) is 0 Å². The first kappa shape index (κ1) is 67.7. The number of methoxy groups -OCH3 is 3. The van der Waals surface area contributed by atoms with Gasteiger partial charge in [-0.25, -0.2) is 33.7 Å². The SMILES string of the molecule is COc1ccc(S(=O)(=O)N2Cc3ccccc3-c3sc(Br)cc32)cc1.COc1ccc(S(=O)(=O)N2Cc3ccccc3-c3sc(I)cc32)cc1.COc1ccc(S(=O)(=O)N2Cc3ccccc3-c3sccc32)cc1.Cc1ccc(S(=O)(=O)N2Cc3ccccc3-c3sccc32)cc1. The Kier molecular flexibility index (Phi) is 19.4. The zero-order valence-electron chi connectivity index (χ0n) is 52.1. The molecule has 4 aliphatic rings. The molecule has 97 heavy (non-hydrogen) atoms. The number of thiophene rings is 4. The third kappa shape index (κ3) is 13.3. The molecule has 15 nitrogen and oxygen atoms in total. The van der Waals surface area contributed by atoms with E-state index < -0.39 is 40.1 Å². The van der Waals surface area contributed by atoms with E-state index in [0.717, 1.165) is 93.3 Å². The van der Waals surface area contributed by atoms with Gasteiger partial charge in [0.05, 0.1) is 116 Å². The van der Waals surface area contributed by atoms with E-state index in [-0.39, 0.29) is 14.7 Å². The van der Waals surface area contributed by atoms with Crippen LogP contribution in [0.15, 0.2) is 253 Å². The zero-order valence-corrected chi connectivity index (χ0v) is 62.3. The van der Waals surface area contributed by atoms with Crippen LogP contribution < -0.4 is 31.4 Å². The number of ether oxygens (including phenoxy) is 3. The minimum atomic E-state index is -3.67. The number of halogens is 2. The van der Waals surface area contributed by atoms with Crippen molar-refractivity contribution in [3.05, 3.63) is 264 Å². The minimum Gasteiger partial charge on any atom is -0.497 e. The first-order valence-electron chi connectivity index (χ1n) is 29.9. The highest BCUT2D eigenvalue weighted by Crippen LogP contribution is 2.51. The first-order chi connectivity index (χ1) is 46.7. The highest BCUT2D eigenvalue weighted by atomic mass is 127. The Labute approximate surface area is 602 Å². The quantitative estimate of drug-likeness (QED) is 0.113. The van der Waals surface area contributed by atoms with Gasteiger partial charge in [0.25, 0.3) is 40.1 Å². The summed E-state index contributed by atoms with van der Waals surface area (Å²) in [6.45, 7) is 3.32. The van der Waals surface area contributed by atoms with E-state index in [0.29, 0.717) is 54.0 Å². The van der Waals surface area contributed by atoms with Gasteiger partial charge < -0.3 is 14.2 Å². The fourth-order valence-corrected chi connectivity index (χ4v) is 23.2. The Morgan fingerprint density at radius 3 is 0.990 bits per heavy atom. The smallest absolute Gasteiger partial charge is 0.264 e. The third-order valence-electron chi connectivity index (χ3n) is 16.6. The van der Waals surface area contributed by atoms with Crippen molar-refractivity contribution < 1.29 is 47.9 Å². The standard InChI is InChI=1S/C18H14BrNO3S2.C18H14INO3S2.C18H15NO3S2.C18H15NO2S2/c2*1-23-13-6-8-14(9-7-13)25(21,22)20-11-12-4-2-3-5-15(12)18-16(20)10-17(19)24-18;1-22-14-6-8-15(9-7-14)24(20,21)19-12-13-4-2-3-5-16(13)18-17(19)10-11-23-18;1-13-6-8-15(9-7-13)23(20,21)19-12-14-4-2-3-5-16(14)18-17(19)10-11-22-18/h2*2-10H,11H2,1H3;2-11H,12H2,1H3;2-11H,12H2,1H3. The van der Waals surface area contributed by atoms with Crippen LogP contribution in [0.5, 0.6) is 17.2 Å². The summed E-state index contributed by atoms with van der Waals surface area (Å²) in [6.07, 6.45) is 0. The number of nitrogens with zero attached hydrogens (tertiary/aromatic N) is 4. The summed E-state index contributed by atoms with van der Waals surface area (Å²) in [4.78, 5) is 5.09. The molecule has 0 bridgehead atoms. The Balaban J connectivity index is 0.000000117. The Morgan fingerprint density at radius 2 is 0.649 bits per heavy atom. The summed E-state index contributed by atoms with van der Waals surface area (Å²) in [5.74, 6) is 1.89. The largest absolute Gasteiger partial charge is 0.497 e. The normalized spacial score (nSPS) is 13.3. The zero-order chi connectivity index (χ0) is 68.0. The molecule has 0 fully saturated rings. The topological polar surface area (TPSA) is 177 Å². The van der Waals surface area contributed by atoms with Gasteiger partial charge in [0.2, 0.25) is 0 Å². The van der Waals surface area contributed by atoms with E-state index in [2.05, 4.69) is 50.7 Å². The molecule has 0 radical (unpaired) electrons. The van der Waals surface area contributed by atoms with Gasteiger partial charge in [-0.15, -0.1) is 45.3 Å². The second kappa shape index (κ2) is 27.8. The van der Waals surface area contributed by atoms with Crippen LogP contribution in [0.25, 0.3) is 41.8 Å². The molecule has 0 N–H and O–H groups in total. The summed E-state index contributed by atoms with van der Waals surface area (Å²) in [5.41, 5.74) is 12.6. The molecule has 0 aliphatic carbocycles. The lowest BCUT2D eigenvalue weighted by molar-refractivity contribution is 0.414. The molecule has 25 heteroatoms. The lowest BCUT2D eigenvalue weighted by Crippen LogP contribution is -2.32. The number of hydrogen-bond donors (Lipinski definition) is 0. The summed E-state index contributed by atoms with van der Waals surface area (Å²) in [7, 11) is -9.83. The van der Waals surface area contributed by atoms with E-state index in [4.69, 9.17) is 14.2 Å². The van der Waals surface area contributed by atoms with Crippen LogP contribution in [0, 0.1) is 9.81 Å². The predicted octanol–water partition coefficient (Wildman–Crippen LogP) is 18.2. The van der Waals surface area contributed by atoms with Crippen LogP contribution in [0.2, 0.25) is 0 Å². The van der Waals surface area contributed by atoms with Crippen molar-refractivity contribution in [2.75, 3.05) is 38.6 Å². The molecule has 0 unspecified atom stereocenters. The van der Waals surface area contributed by atoms with Crippen molar-refractivity contribution in [1.29, 1.82) is 0 Å². The number of anilines is 4. The molecule has 0 atom stereocenters. The lowest BCUT2D eigenvalue weighted by atomic mass is 10.0. The Morgan fingerprint density at radius 1 is 0.361 bits per heavy atom. The van der Waals surface area contributed by atoms with Crippen LogP contribution >= 0.6 is 83.9 Å². The maximum Gasteiger partial charge on any atom is 0.264 e. The summed E-state index contributed by atoms with van der Waals surface area (Å²) in [5, 5.41) is 3.88. The summed E-state index contributed by atoms with van der Waals surface area (Å²) in [6, 6.07) is 65.9. The highest BCUT2D eigenvalue weighted by Gasteiger charge is 2.37. The van der Waals surface area contributed by atoms with Crippen LogP contribution in [0.3, 0.4) is 0 Å². The molecule has 4 aromatic heterocycles. The maximum atomic E-state index is 13.3. The van der Waals surface area contributed by atoms with Crippen molar-refractivity contribution in [1.82, 2.24) is 0 Å². The van der Waals surface area contributed by atoms with Crippen LogP contribution in [0.1, 0.15) is 27.8 Å². The van der Waals surface area contributed by atoms with Gasteiger partial charge >= 0.3 is 0 Å². The number of aryl methyl sites for hydroxylation is 1. The highest BCUT2D eigenvalue weighted by molar-refractivity contribution is 14.1. The van der Waals surface area contributed by atoms with Gasteiger partial charge in [0.15, 0.2) is 0 Å². The monoisotopic (exact) mass is 1620 g/mol. The van der Waals surface area contributed by atoms with Crippen molar-refractivity contribution in [2.45, 2.75) is 52.7 Å². The predicted molar refractivity (Wildman–Crippen MR) is 403 cm³/mol. The van der Waals surface area contributed by atoms with E-state index in [1.807, 2.05) is 139 Å². The van der Waals surface area contributed by atoms with E-state index in [9.17, 15) is 33.7 Å². The number of rotatable bonds is 11. The Hall–Kier alpha value is -7.83. The second-order valence-electron chi connectivity index (χ2n) is 22.3. The molecule has 4 aliphatic heterocycles. The molecule has 0 saturated heterocycles. The van der Waals surface area contributed by atoms with Gasteiger partial charge in [-0.05, 0) is 210 Å². The average Bonchev–Trinajstić information content (AvgIpc) is 1.09. The van der Waals surface area contributed by atoms with Crippen molar-refractivity contribution >= 4 is 147 Å². The van der Waals surface area contributed by atoms with Crippen LogP contribution in [-0.2, 0) is 66.3 Å². The molecule has 8 aromatic carbocycles. The lowest BCUT2D eigenvalue weighted by Gasteiger charge is -2.30.